The molecule has 3 nitrogen and oxygen atoms in total. The molecule has 0 unspecified atom stereocenters. The molecule has 0 saturated carbocycles. The molecule has 14 heavy (non-hydrogen) atoms. The van der Waals surface area contributed by atoms with E-state index in [1.54, 1.807) is 0 Å². The third-order valence-electron chi connectivity index (χ3n) is 1.85. The maximum Gasteiger partial charge on any atom is 0.236 e. The van der Waals surface area contributed by atoms with Gasteiger partial charge in [-0.25, -0.2) is 0 Å². The number of nitrogens with zero attached hydrogens (tertiary/aromatic N) is 2. The van der Waals surface area contributed by atoms with E-state index < -0.39 is 0 Å². The molecule has 80 valence electrons. The highest BCUT2D eigenvalue weighted by Crippen LogP contribution is 2.12. The quantitative estimate of drug-likeness (QED) is 0.654. The fourth-order valence-electron chi connectivity index (χ4n) is 1.08. The van der Waals surface area contributed by atoms with Crippen LogP contribution in [0, 0.1) is 0 Å². The molecule has 4 heteroatoms. The second-order valence-electron chi connectivity index (χ2n) is 3.26. The molecule has 1 aromatic heterocycles. The summed E-state index contributed by atoms with van der Waals surface area (Å²) in [6.45, 7) is 4.32. The molecule has 1 aromatic rings. The molecule has 0 amide bonds. The van der Waals surface area contributed by atoms with Crippen molar-refractivity contribution in [3.8, 4) is 0 Å². The van der Waals surface area contributed by atoms with Crippen LogP contribution in [0.3, 0.4) is 0 Å². The maximum atomic E-state index is 5.12. The number of hydrogen-bond acceptors (Lipinski definition) is 4. The van der Waals surface area contributed by atoms with Crippen molar-refractivity contribution in [2.45, 2.75) is 45.3 Å². The number of aryl methyl sites for hydroxylation is 1. The molecule has 0 spiro atoms. The Hall–Kier alpha value is -0.510. The molecule has 0 saturated heterocycles. The molecule has 0 N–H and O–H groups in total. The lowest BCUT2D eigenvalue weighted by molar-refractivity contribution is 0.384. The molecule has 1 rings (SSSR count). The normalized spacial score (nSPS) is 10.7. The highest BCUT2D eigenvalue weighted by Gasteiger charge is 2.04. The molecule has 0 radical (unpaired) electrons. The predicted octanol–water partition coefficient (Wildman–Crippen LogP) is 3.06. The van der Waals surface area contributed by atoms with E-state index in [2.05, 4.69) is 24.0 Å². The van der Waals surface area contributed by atoms with Crippen LogP contribution in [-0.2, 0) is 12.2 Å². The first-order valence-electron chi connectivity index (χ1n) is 5.26. The Morgan fingerprint density at radius 2 is 2.14 bits per heavy atom. The van der Waals surface area contributed by atoms with Gasteiger partial charge in [0.2, 0.25) is 5.89 Å². The molecule has 0 atom stereocenters. The summed E-state index contributed by atoms with van der Waals surface area (Å²) in [6.07, 6.45) is 4.50. The van der Waals surface area contributed by atoms with Gasteiger partial charge in [-0.15, -0.1) is 0 Å². The summed E-state index contributed by atoms with van der Waals surface area (Å²) in [5.74, 6) is 3.66. The van der Waals surface area contributed by atoms with Crippen LogP contribution in [-0.4, -0.2) is 15.9 Å². The zero-order valence-corrected chi connectivity index (χ0v) is 9.77. The van der Waals surface area contributed by atoms with Crippen molar-refractivity contribution in [2.75, 3.05) is 5.75 Å². The maximum absolute atomic E-state index is 5.12. The third-order valence-corrected chi connectivity index (χ3v) is 2.88. The summed E-state index contributed by atoms with van der Waals surface area (Å²) in [4.78, 5) is 4.30. The number of unbranched alkanes of at least 4 members (excludes halogenated alkanes) is 1. The van der Waals surface area contributed by atoms with Crippen molar-refractivity contribution < 1.29 is 4.52 Å². The van der Waals surface area contributed by atoms with Crippen LogP contribution >= 0.6 is 11.8 Å². The highest BCUT2D eigenvalue weighted by molar-refractivity contribution is 7.98. The van der Waals surface area contributed by atoms with Crippen LogP contribution in [0.5, 0.6) is 0 Å². The lowest BCUT2D eigenvalue weighted by atomic mass is 10.3. The SMILES string of the molecule is CCCCSCc1nc(CCC)no1. The van der Waals surface area contributed by atoms with E-state index in [-0.39, 0.29) is 0 Å². The smallest absolute Gasteiger partial charge is 0.236 e. The molecular weight excluding hydrogens is 196 g/mol. The van der Waals surface area contributed by atoms with E-state index in [9.17, 15) is 0 Å². The fraction of sp³-hybridized carbons (Fsp3) is 0.800. The van der Waals surface area contributed by atoms with Crippen molar-refractivity contribution in [3.63, 3.8) is 0 Å². The van der Waals surface area contributed by atoms with Gasteiger partial charge in [-0.2, -0.15) is 16.7 Å². The standard InChI is InChI=1S/C10H18N2OS/c1-3-5-7-14-8-10-11-9(6-4-2)12-13-10/h3-8H2,1-2H3. The van der Waals surface area contributed by atoms with Gasteiger partial charge in [-0.3, -0.25) is 0 Å². The van der Waals surface area contributed by atoms with E-state index in [0.717, 1.165) is 30.3 Å². The summed E-state index contributed by atoms with van der Waals surface area (Å²) < 4.78 is 5.12. The number of thioether (sulfide) groups is 1. The molecule has 1 heterocycles. The van der Waals surface area contributed by atoms with Gasteiger partial charge < -0.3 is 4.52 Å². The van der Waals surface area contributed by atoms with E-state index in [1.807, 2.05) is 11.8 Å². The second kappa shape index (κ2) is 6.87. The predicted molar refractivity (Wildman–Crippen MR) is 59.4 cm³/mol. The van der Waals surface area contributed by atoms with Crippen molar-refractivity contribution >= 4 is 11.8 Å². The van der Waals surface area contributed by atoms with E-state index in [4.69, 9.17) is 4.52 Å². The van der Waals surface area contributed by atoms with Gasteiger partial charge in [0.15, 0.2) is 5.82 Å². The fourth-order valence-corrected chi connectivity index (χ4v) is 2.01. The second-order valence-corrected chi connectivity index (χ2v) is 4.37. The highest BCUT2D eigenvalue weighted by atomic mass is 32.2. The van der Waals surface area contributed by atoms with Gasteiger partial charge in [-0.1, -0.05) is 25.4 Å². The Kier molecular flexibility index (Phi) is 5.68. The van der Waals surface area contributed by atoms with Crippen molar-refractivity contribution in [1.82, 2.24) is 10.1 Å². The van der Waals surface area contributed by atoms with Crippen molar-refractivity contribution in [2.24, 2.45) is 0 Å². The minimum Gasteiger partial charge on any atom is -0.338 e. The molecule has 0 aromatic carbocycles. The summed E-state index contributed by atoms with van der Waals surface area (Å²) in [6, 6.07) is 0. The Labute approximate surface area is 89.7 Å². The first kappa shape index (κ1) is 11.6. The molecule has 0 aliphatic heterocycles. The Morgan fingerprint density at radius 1 is 1.29 bits per heavy atom. The Bertz CT molecular complexity index is 250. The summed E-state index contributed by atoms with van der Waals surface area (Å²) in [7, 11) is 0. The molecule has 0 bridgehead atoms. The van der Waals surface area contributed by atoms with Gasteiger partial charge in [0.05, 0.1) is 5.75 Å². The largest absolute Gasteiger partial charge is 0.338 e. The molecule has 0 aliphatic rings. The van der Waals surface area contributed by atoms with Crippen LogP contribution in [0.25, 0.3) is 0 Å². The minimum absolute atomic E-state index is 0.773. The van der Waals surface area contributed by atoms with Crippen LogP contribution in [0.15, 0.2) is 4.52 Å². The third kappa shape index (κ3) is 4.13. The minimum atomic E-state index is 0.773. The van der Waals surface area contributed by atoms with E-state index >= 15 is 0 Å². The molecule has 0 fully saturated rings. The number of hydrogen-bond donors (Lipinski definition) is 0. The number of aromatic nitrogens is 2. The van der Waals surface area contributed by atoms with Gasteiger partial charge >= 0.3 is 0 Å². The van der Waals surface area contributed by atoms with Crippen LogP contribution in [0.2, 0.25) is 0 Å². The summed E-state index contributed by atoms with van der Waals surface area (Å²) in [5.41, 5.74) is 0. The van der Waals surface area contributed by atoms with Gasteiger partial charge in [0, 0.05) is 6.42 Å². The monoisotopic (exact) mass is 214 g/mol. The average molecular weight is 214 g/mol. The Balaban J connectivity index is 2.22. The first-order valence-corrected chi connectivity index (χ1v) is 6.41. The van der Waals surface area contributed by atoms with Crippen LogP contribution < -0.4 is 0 Å². The zero-order valence-electron chi connectivity index (χ0n) is 8.95. The van der Waals surface area contributed by atoms with E-state index in [1.165, 1.54) is 18.6 Å². The van der Waals surface area contributed by atoms with Gasteiger partial charge in [0.25, 0.3) is 0 Å². The molecular formula is C10H18N2OS. The zero-order chi connectivity index (χ0) is 10.2. The number of rotatable bonds is 7. The topological polar surface area (TPSA) is 38.9 Å². The average Bonchev–Trinajstić information content (AvgIpc) is 2.61. The molecule has 0 aliphatic carbocycles. The Morgan fingerprint density at radius 3 is 2.86 bits per heavy atom. The lowest BCUT2D eigenvalue weighted by Gasteiger charge is -1.94. The summed E-state index contributed by atoms with van der Waals surface area (Å²) >= 11 is 1.87. The van der Waals surface area contributed by atoms with Crippen LogP contribution in [0.4, 0.5) is 0 Å². The first-order chi connectivity index (χ1) is 6.86. The van der Waals surface area contributed by atoms with Gasteiger partial charge in [0.1, 0.15) is 0 Å². The van der Waals surface area contributed by atoms with Crippen molar-refractivity contribution in [1.29, 1.82) is 0 Å². The van der Waals surface area contributed by atoms with Crippen LogP contribution in [0.1, 0.15) is 44.8 Å². The van der Waals surface area contributed by atoms with Crippen molar-refractivity contribution in [3.05, 3.63) is 11.7 Å². The van der Waals surface area contributed by atoms with E-state index in [0.29, 0.717) is 0 Å². The van der Waals surface area contributed by atoms with Gasteiger partial charge in [-0.05, 0) is 18.6 Å². The summed E-state index contributed by atoms with van der Waals surface area (Å²) in [5, 5.41) is 3.91. The lowest BCUT2D eigenvalue weighted by Crippen LogP contribution is -1.87.